The van der Waals surface area contributed by atoms with E-state index in [2.05, 4.69) is 16.2 Å². The summed E-state index contributed by atoms with van der Waals surface area (Å²) in [7, 11) is 0. The highest BCUT2D eigenvalue weighted by atomic mass is 32.1. The molecule has 1 heterocycles. The van der Waals surface area contributed by atoms with E-state index in [1.165, 1.54) is 0 Å². The standard InChI is InChI=1S/C21H22N4O3S/c1-2-13-28-17-9-7-16(8-10-17)20(27)22-21(29)24-23-19(26)14-25-12-11-15-5-3-4-6-18(15)25/h3-12H,2,13-14H2,1H3,(H,23,26)(H2,22,24,27,29). The smallest absolute Gasteiger partial charge is 0.258 e. The lowest BCUT2D eigenvalue weighted by Gasteiger charge is -2.12. The molecule has 3 aromatic rings. The number of carbonyl (C=O) groups excluding carboxylic acids is 2. The van der Waals surface area contributed by atoms with Crippen LogP contribution >= 0.6 is 12.2 Å². The predicted octanol–water partition coefficient (Wildman–Crippen LogP) is 2.77. The second-order valence-corrected chi connectivity index (χ2v) is 6.74. The highest BCUT2D eigenvalue weighted by Crippen LogP contribution is 2.14. The Morgan fingerprint density at radius 1 is 1.03 bits per heavy atom. The summed E-state index contributed by atoms with van der Waals surface area (Å²) in [5.74, 6) is 0.0319. The number of aromatic nitrogens is 1. The number of amides is 2. The Balaban J connectivity index is 1.46. The number of rotatable bonds is 6. The van der Waals surface area contributed by atoms with Crippen LogP contribution in [0.1, 0.15) is 23.7 Å². The molecule has 0 atom stereocenters. The van der Waals surface area contributed by atoms with Crippen molar-refractivity contribution in [2.45, 2.75) is 19.9 Å². The Kier molecular flexibility index (Phi) is 6.80. The lowest BCUT2D eigenvalue weighted by atomic mass is 10.2. The Morgan fingerprint density at radius 2 is 1.79 bits per heavy atom. The van der Waals surface area contributed by atoms with Crippen LogP contribution in [0.25, 0.3) is 10.9 Å². The summed E-state index contributed by atoms with van der Waals surface area (Å²) < 4.78 is 7.32. The lowest BCUT2D eigenvalue weighted by Crippen LogP contribution is -2.49. The Bertz CT molecular complexity index is 1010. The third-order valence-corrected chi connectivity index (χ3v) is 4.33. The topological polar surface area (TPSA) is 84.4 Å². The van der Waals surface area contributed by atoms with Gasteiger partial charge >= 0.3 is 0 Å². The minimum Gasteiger partial charge on any atom is -0.494 e. The van der Waals surface area contributed by atoms with Gasteiger partial charge < -0.3 is 9.30 Å². The minimum atomic E-state index is -0.379. The minimum absolute atomic E-state index is 0.00650. The number of ether oxygens (including phenoxy) is 1. The molecule has 0 spiro atoms. The maximum Gasteiger partial charge on any atom is 0.258 e. The predicted molar refractivity (Wildman–Crippen MR) is 116 cm³/mol. The van der Waals surface area contributed by atoms with Crippen molar-refractivity contribution in [3.63, 3.8) is 0 Å². The van der Waals surface area contributed by atoms with Gasteiger partial charge in [-0.25, -0.2) is 0 Å². The van der Waals surface area contributed by atoms with Crippen LogP contribution < -0.4 is 20.9 Å². The van der Waals surface area contributed by atoms with E-state index in [-0.39, 0.29) is 23.5 Å². The monoisotopic (exact) mass is 410 g/mol. The molecule has 3 N–H and O–H groups in total. The first-order valence-electron chi connectivity index (χ1n) is 9.23. The molecule has 3 rings (SSSR count). The number of thiocarbonyl (C=S) groups is 1. The Hall–Kier alpha value is -3.39. The fraction of sp³-hybridized carbons (Fsp3) is 0.190. The van der Waals surface area contributed by atoms with E-state index in [1.807, 2.05) is 48.0 Å². The molecule has 0 bridgehead atoms. The number of hydrogen-bond donors (Lipinski definition) is 3. The Labute approximate surface area is 174 Å². The van der Waals surface area contributed by atoms with Gasteiger partial charge in [0.2, 0.25) is 0 Å². The maximum atomic E-state index is 12.2. The molecule has 0 aliphatic rings. The van der Waals surface area contributed by atoms with Crippen molar-refractivity contribution in [2.75, 3.05) is 6.61 Å². The van der Waals surface area contributed by atoms with E-state index in [9.17, 15) is 9.59 Å². The van der Waals surface area contributed by atoms with Crippen molar-refractivity contribution in [2.24, 2.45) is 0 Å². The van der Waals surface area contributed by atoms with Gasteiger partial charge in [0, 0.05) is 17.3 Å². The van der Waals surface area contributed by atoms with Crippen LogP contribution in [0.4, 0.5) is 0 Å². The third kappa shape index (κ3) is 5.55. The van der Waals surface area contributed by atoms with Crippen molar-refractivity contribution in [3.8, 4) is 5.75 Å². The molecule has 0 radical (unpaired) electrons. The molecule has 1 aromatic heterocycles. The van der Waals surface area contributed by atoms with Crippen LogP contribution in [0.3, 0.4) is 0 Å². The lowest BCUT2D eigenvalue weighted by molar-refractivity contribution is -0.122. The average Bonchev–Trinajstić information content (AvgIpc) is 3.14. The van der Waals surface area contributed by atoms with Crippen molar-refractivity contribution in [1.29, 1.82) is 0 Å². The number of benzene rings is 2. The molecule has 2 aromatic carbocycles. The highest BCUT2D eigenvalue weighted by molar-refractivity contribution is 7.80. The van der Waals surface area contributed by atoms with Gasteiger partial charge in [0.05, 0.1) is 6.61 Å². The van der Waals surface area contributed by atoms with E-state index in [4.69, 9.17) is 17.0 Å². The van der Waals surface area contributed by atoms with Crippen LogP contribution in [-0.4, -0.2) is 28.1 Å². The first kappa shape index (κ1) is 20.3. The van der Waals surface area contributed by atoms with Crippen LogP contribution in [0, 0.1) is 0 Å². The van der Waals surface area contributed by atoms with E-state index in [0.29, 0.717) is 17.9 Å². The molecule has 2 amide bonds. The number of nitrogens with zero attached hydrogens (tertiary/aromatic N) is 1. The van der Waals surface area contributed by atoms with Gasteiger partial charge in [0.15, 0.2) is 5.11 Å². The van der Waals surface area contributed by atoms with E-state index in [1.54, 1.807) is 24.3 Å². The van der Waals surface area contributed by atoms with Crippen molar-refractivity contribution >= 4 is 40.0 Å². The second kappa shape index (κ2) is 9.70. The molecule has 8 heteroatoms. The van der Waals surface area contributed by atoms with Gasteiger partial charge in [-0.3, -0.25) is 25.8 Å². The summed E-state index contributed by atoms with van der Waals surface area (Å²) >= 11 is 5.07. The molecule has 29 heavy (non-hydrogen) atoms. The number of fused-ring (bicyclic) bond motifs is 1. The summed E-state index contributed by atoms with van der Waals surface area (Å²) in [5, 5.41) is 3.59. The molecule has 7 nitrogen and oxygen atoms in total. The van der Waals surface area contributed by atoms with Crippen LogP contribution in [0.15, 0.2) is 60.8 Å². The van der Waals surface area contributed by atoms with E-state index < -0.39 is 0 Å². The first-order valence-corrected chi connectivity index (χ1v) is 9.64. The van der Waals surface area contributed by atoms with E-state index >= 15 is 0 Å². The second-order valence-electron chi connectivity index (χ2n) is 6.33. The zero-order valence-corrected chi connectivity index (χ0v) is 16.8. The fourth-order valence-corrected chi connectivity index (χ4v) is 2.87. The fourth-order valence-electron chi connectivity index (χ4n) is 2.73. The van der Waals surface area contributed by atoms with Gasteiger partial charge in [-0.2, -0.15) is 0 Å². The number of hydrogen-bond acceptors (Lipinski definition) is 4. The molecular weight excluding hydrogens is 388 g/mol. The molecule has 0 aliphatic heterocycles. The van der Waals surface area contributed by atoms with Gasteiger partial charge in [-0.1, -0.05) is 25.1 Å². The summed E-state index contributed by atoms with van der Waals surface area (Å²) in [5.41, 5.74) is 6.43. The van der Waals surface area contributed by atoms with Gasteiger partial charge in [0.25, 0.3) is 11.8 Å². The zero-order valence-electron chi connectivity index (χ0n) is 16.0. The average molecular weight is 410 g/mol. The van der Waals surface area contributed by atoms with Crippen molar-refractivity contribution in [3.05, 3.63) is 66.4 Å². The zero-order chi connectivity index (χ0) is 20.6. The maximum absolute atomic E-state index is 12.2. The number of hydrazine groups is 1. The van der Waals surface area contributed by atoms with Crippen LogP contribution in [0.5, 0.6) is 5.75 Å². The van der Waals surface area contributed by atoms with Crippen molar-refractivity contribution < 1.29 is 14.3 Å². The molecule has 0 saturated carbocycles. The van der Waals surface area contributed by atoms with Gasteiger partial charge in [0.1, 0.15) is 12.3 Å². The van der Waals surface area contributed by atoms with Crippen LogP contribution in [-0.2, 0) is 11.3 Å². The van der Waals surface area contributed by atoms with Crippen molar-refractivity contribution in [1.82, 2.24) is 20.7 Å². The molecule has 150 valence electrons. The summed E-state index contributed by atoms with van der Waals surface area (Å²) in [6, 6.07) is 16.5. The van der Waals surface area contributed by atoms with Gasteiger partial charge in [-0.15, -0.1) is 0 Å². The normalized spacial score (nSPS) is 10.4. The van der Waals surface area contributed by atoms with E-state index in [0.717, 1.165) is 17.3 Å². The quantitative estimate of drug-likeness (QED) is 0.430. The molecule has 0 saturated heterocycles. The Morgan fingerprint density at radius 3 is 2.55 bits per heavy atom. The number of nitrogens with one attached hydrogen (secondary N) is 3. The number of carbonyl (C=O) groups is 2. The first-order chi connectivity index (χ1) is 14.1. The SMILES string of the molecule is CCCOc1ccc(C(=O)NC(=S)NNC(=O)Cn2ccc3ccccc32)cc1. The molecule has 0 fully saturated rings. The molecule has 0 unspecified atom stereocenters. The number of para-hydroxylation sites is 1. The third-order valence-electron chi connectivity index (χ3n) is 4.13. The highest BCUT2D eigenvalue weighted by Gasteiger charge is 2.10. The molecular formula is C21H22N4O3S. The molecule has 0 aliphatic carbocycles. The largest absolute Gasteiger partial charge is 0.494 e. The van der Waals surface area contributed by atoms with Gasteiger partial charge in [-0.05, 0) is 60.4 Å². The summed E-state index contributed by atoms with van der Waals surface area (Å²) in [6.45, 7) is 2.77. The summed E-state index contributed by atoms with van der Waals surface area (Å²) in [6.07, 6.45) is 2.76. The summed E-state index contributed by atoms with van der Waals surface area (Å²) in [4.78, 5) is 24.4. The van der Waals surface area contributed by atoms with Crippen LogP contribution in [0.2, 0.25) is 0 Å².